The summed E-state index contributed by atoms with van der Waals surface area (Å²) in [5.41, 5.74) is 2.34. The predicted molar refractivity (Wildman–Crippen MR) is 108 cm³/mol. The Morgan fingerprint density at radius 2 is 1.74 bits per heavy atom. The van der Waals surface area contributed by atoms with Crippen LogP contribution in [0, 0.1) is 23.2 Å². The number of aromatic nitrogens is 3. The molecule has 1 N–H and O–H groups in total. The Hall–Kier alpha value is -1.62. The lowest BCUT2D eigenvalue weighted by molar-refractivity contribution is -0.141. The molecular weight excluding hydrogens is 354 g/mol. The molecule has 1 aromatic carbocycles. The summed E-state index contributed by atoms with van der Waals surface area (Å²) < 4.78 is 0. The molecule has 4 fully saturated rings. The van der Waals surface area contributed by atoms with Gasteiger partial charge < -0.3 is 0 Å². The van der Waals surface area contributed by atoms with E-state index in [9.17, 15) is 4.79 Å². The van der Waals surface area contributed by atoms with E-state index in [4.69, 9.17) is 0 Å². The number of carbonyl (C=O) groups excluding carboxylic acids is 1. The van der Waals surface area contributed by atoms with E-state index < -0.39 is 0 Å². The molecule has 4 bridgehead atoms. The summed E-state index contributed by atoms with van der Waals surface area (Å²) in [6.45, 7) is 2.15. The van der Waals surface area contributed by atoms with E-state index in [0.29, 0.717) is 16.7 Å². The minimum absolute atomic E-state index is 0.0170. The zero-order valence-corrected chi connectivity index (χ0v) is 16.7. The molecule has 1 heterocycles. The first-order chi connectivity index (χ1) is 13.1. The molecule has 0 saturated heterocycles. The molecule has 5 heteroatoms. The number of ketones is 1. The van der Waals surface area contributed by atoms with E-state index in [0.717, 1.165) is 54.8 Å². The zero-order chi connectivity index (χ0) is 18.4. The normalized spacial score (nSPS) is 31.4. The van der Waals surface area contributed by atoms with Crippen LogP contribution >= 0.6 is 11.8 Å². The summed E-state index contributed by atoms with van der Waals surface area (Å²) in [6, 6.07) is 8.41. The van der Waals surface area contributed by atoms with Crippen molar-refractivity contribution in [3.8, 4) is 11.4 Å². The van der Waals surface area contributed by atoms with Gasteiger partial charge in [-0.2, -0.15) is 0 Å². The fraction of sp³-hybridized carbons (Fsp3) is 0.591. The van der Waals surface area contributed by atoms with E-state index >= 15 is 0 Å². The van der Waals surface area contributed by atoms with Crippen molar-refractivity contribution in [2.24, 2.45) is 23.2 Å². The van der Waals surface area contributed by atoms with Crippen molar-refractivity contribution in [3.05, 3.63) is 29.8 Å². The van der Waals surface area contributed by atoms with Gasteiger partial charge in [0.1, 0.15) is 5.78 Å². The van der Waals surface area contributed by atoms with Crippen LogP contribution in [-0.4, -0.2) is 26.7 Å². The number of Topliss-reactive ketones (excluding diaryl/α,β-unsaturated/α-hetero) is 1. The minimum Gasteiger partial charge on any atom is -0.298 e. The van der Waals surface area contributed by atoms with Crippen LogP contribution in [0.3, 0.4) is 0 Å². The molecule has 4 nitrogen and oxygen atoms in total. The molecule has 4 aliphatic rings. The topological polar surface area (TPSA) is 58.6 Å². The summed E-state index contributed by atoms with van der Waals surface area (Å²) in [6.07, 6.45) is 8.58. The number of hydrogen-bond donors (Lipinski definition) is 1. The van der Waals surface area contributed by atoms with Crippen molar-refractivity contribution in [3.63, 3.8) is 0 Å². The second-order valence-electron chi connectivity index (χ2n) is 8.93. The fourth-order valence-electron chi connectivity index (χ4n) is 6.07. The number of aromatic amines is 1. The first-order valence-corrected chi connectivity index (χ1v) is 11.3. The standard InChI is InChI=1S/C22H27N3OS/c1-2-14-3-5-18(6-4-14)20-23-21(25-24-20)27-13-19(26)22-10-15-7-16(11-22)9-17(8-15)12-22/h3-6,15-17H,2,7-13H2,1H3,(H,23,24,25). The summed E-state index contributed by atoms with van der Waals surface area (Å²) in [4.78, 5) is 17.7. The Morgan fingerprint density at radius 3 is 2.33 bits per heavy atom. The maximum atomic E-state index is 13.1. The Bertz CT molecular complexity index is 806. The molecule has 4 aliphatic carbocycles. The van der Waals surface area contributed by atoms with Gasteiger partial charge in [-0.25, -0.2) is 4.98 Å². The number of carbonyl (C=O) groups is 1. The minimum atomic E-state index is -0.0170. The first-order valence-electron chi connectivity index (χ1n) is 10.3. The van der Waals surface area contributed by atoms with E-state index in [-0.39, 0.29) is 5.41 Å². The average Bonchev–Trinajstić information content (AvgIpc) is 3.14. The zero-order valence-electron chi connectivity index (χ0n) is 15.9. The van der Waals surface area contributed by atoms with Gasteiger partial charge in [-0.3, -0.25) is 9.89 Å². The highest BCUT2D eigenvalue weighted by atomic mass is 32.2. The van der Waals surface area contributed by atoms with Crippen LogP contribution in [0.2, 0.25) is 0 Å². The quantitative estimate of drug-likeness (QED) is 0.722. The van der Waals surface area contributed by atoms with Gasteiger partial charge in [-0.05, 0) is 68.3 Å². The third-order valence-electron chi connectivity index (χ3n) is 7.06. The fourth-order valence-corrected chi connectivity index (χ4v) is 6.91. The second-order valence-corrected chi connectivity index (χ2v) is 9.87. The van der Waals surface area contributed by atoms with Crippen molar-refractivity contribution >= 4 is 17.5 Å². The van der Waals surface area contributed by atoms with Gasteiger partial charge in [0.2, 0.25) is 5.16 Å². The number of nitrogens with one attached hydrogen (secondary N) is 1. The van der Waals surface area contributed by atoms with E-state index in [1.54, 1.807) is 0 Å². The molecule has 0 spiro atoms. The van der Waals surface area contributed by atoms with E-state index in [2.05, 4.69) is 46.4 Å². The van der Waals surface area contributed by atoms with Gasteiger partial charge in [0, 0.05) is 11.0 Å². The van der Waals surface area contributed by atoms with Gasteiger partial charge in [0.15, 0.2) is 5.82 Å². The molecule has 2 aromatic rings. The number of nitrogens with zero attached hydrogens (tertiary/aromatic N) is 2. The molecule has 4 saturated carbocycles. The highest BCUT2D eigenvalue weighted by molar-refractivity contribution is 7.99. The molecule has 0 radical (unpaired) electrons. The molecule has 6 rings (SSSR count). The van der Waals surface area contributed by atoms with Gasteiger partial charge >= 0.3 is 0 Å². The van der Waals surface area contributed by atoms with Crippen LogP contribution in [0.15, 0.2) is 29.4 Å². The highest BCUT2D eigenvalue weighted by Crippen LogP contribution is 2.60. The number of benzene rings is 1. The predicted octanol–water partition coefficient (Wildman–Crippen LogP) is 4.91. The molecule has 1 aromatic heterocycles. The molecule has 0 aliphatic heterocycles. The van der Waals surface area contributed by atoms with E-state index in [1.807, 2.05) is 0 Å². The second kappa shape index (κ2) is 6.77. The van der Waals surface area contributed by atoms with Crippen molar-refractivity contribution in [1.29, 1.82) is 0 Å². The average molecular weight is 382 g/mol. The summed E-state index contributed by atoms with van der Waals surface area (Å²) in [7, 11) is 0. The van der Waals surface area contributed by atoms with Crippen molar-refractivity contribution in [2.45, 2.75) is 57.0 Å². The largest absolute Gasteiger partial charge is 0.298 e. The first kappa shape index (κ1) is 17.5. The van der Waals surface area contributed by atoms with Crippen LogP contribution in [0.5, 0.6) is 0 Å². The Morgan fingerprint density at radius 1 is 1.11 bits per heavy atom. The van der Waals surface area contributed by atoms with Gasteiger partial charge in [0.05, 0.1) is 5.75 Å². The van der Waals surface area contributed by atoms with Crippen molar-refractivity contribution in [2.75, 3.05) is 5.75 Å². The van der Waals surface area contributed by atoms with Crippen LogP contribution < -0.4 is 0 Å². The third-order valence-corrected chi connectivity index (χ3v) is 7.91. The van der Waals surface area contributed by atoms with Crippen molar-refractivity contribution in [1.82, 2.24) is 15.2 Å². The molecule has 27 heavy (non-hydrogen) atoms. The van der Waals surface area contributed by atoms with Crippen molar-refractivity contribution < 1.29 is 4.79 Å². The Balaban J connectivity index is 1.24. The lowest BCUT2D eigenvalue weighted by Crippen LogP contribution is -2.50. The highest BCUT2D eigenvalue weighted by Gasteiger charge is 2.54. The number of rotatable bonds is 6. The monoisotopic (exact) mass is 381 g/mol. The maximum absolute atomic E-state index is 13.1. The maximum Gasteiger partial charge on any atom is 0.209 e. The number of thioether (sulfide) groups is 1. The third kappa shape index (κ3) is 3.24. The SMILES string of the molecule is CCc1ccc(-c2nc(SCC(=O)C34CC5CC(CC(C5)C3)C4)n[nH]2)cc1. The van der Waals surface area contributed by atoms with Gasteiger partial charge in [-0.15, -0.1) is 5.10 Å². The molecule has 0 atom stereocenters. The summed E-state index contributed by atoms with van der Waals surface area (Å²) in [5, 5.41) is 8.04. The number of H-pyrrole nitrogens is 1. The number of aryl methyl sites for hydroxylation is 1. The Kier molecular flexibility index (Phi) is 4.38. The van der Waals surface area contributed by atoms with Crippen LogP contribution in [0.4, 0.5) is 0 Å². The number of hydrogen-bond acceptors (Lipinski definition) is 4. The molecule has 0 amide bonds. The van der Waals surface area contributed by atoms with Crippen LogP contribution in [0.25, 0.3) is 11.4 Å². The smallest absolute Gasteiger partial charge is 0.209 e. The van der Waals surface area contributed by atoms with Gasteiger partial charge in [0.25, 0.3) is 0 Å². The lowest BCUT2D eigenvalue weighted by atomic mass is 9.48. The summed E-state index contributed by atoms with van der Waals surface area (Å²) >= 11 is 1.50. The van der Waals surface area contributed by atoms with Gasteiger partial charge in [-0.1, -0.05) is 43.0 Å². The van der Waals surface area contributed by atoms with Crippen LogP contribution in [0.1, 0.15) is 51.0 Å². The molecular formula is C22H27N3OS. The van der Waals surface area contributed by atoms with E-state index in [1.165, 1.54) is 36.6 Å². The lowest BCUT2D eigenvalue weighted by Gasteiger charge is -2.56. The van der Waals surface area contributed by atoms with Crippen LogP contribution in [-0.2, 0) is 11.2 Å². The molecule has 142 valence electrons. The summed E-state index contributed by atoms with van der Waals surface area (Å²) in [5.74, 6) is 4.18. The molecule has 0 unspecified atom stereocenters. The Labute approximate surface area is 164 Å².